The van der Waals surface area contributed by atoms with Crippen LogP contribution in [-0.4, -0.2) is 30.5 Å². The zero-order valence-corrected chi connectivity index (χ0v) is 12.9. The minimum absolute atomic E-state index is 0.188. The van der Waals surface area contributed by atoms with Crippen LogP contribution in [0, 0.1) is 6.92 Å². The van der Waals surface area contributed by atoms with Crippen molar-refractivity contribution in [2.24, 2.45) is 0 Å². The molecule has 0 aliphatic carbocycles. The van der Waals surface area contributed by atoms with Crippen LogP contribution in [0.5, 0.6) is 0 Å². The lowest BCUT2D eigenvalue weighted by atomic mass is 10.1. The number of aryl methyl sites for hydroxylation is 2. The highest BCUT2D eigenvalue weighted by Crippen LogP contribution is 2.19. The summed E-state index contributed by atoms with van der Waals surface area (Å²) in [4.78, 5) is 19.2. The monoisotopic (exact) mass is 307 g/mol. The molecule has 7 heteroatoms. The summed E-state index contributed by atoms with van der Waals surface area (Å²) in [7, 11) is -3.37. The van der Waals surface area contributed by atoms with Gasteiger partial charge in [-0.05, 0) is 31.0 Å². The third kappa shape index (κ3) is 3.49. The van der Waals surface area contributed by atoms with Crippen LogP contribution in [0.3, 0.4) is 0 Å². The summed E-state index contributed by atoms with van der Waals surface area (Å²) < 4.78 is 23.6. The average Bonchev–Trinajstić information content (AvgIpc) is 2.82. The van der Waals surface area contributed by atoms with Crippen LogP contribution in [-0.2, 0) is 16.3 Å². The number of nitrogens with one attached hydrogen (secondary N) is 2. The molecule has 0 fully saturated rings. The van der Waals surface area contributed by atoms with Crippen molar-refractivity contribution in [2.45, 2.75) is 25.2 Å². The molecular weight excluding hydrogens is 290 g/mol. The van der Waals surface area contributed by atoms with E-state index in [9.17, 15) is 13.2 Å². The highest BCUT2D eigenvalue weighted by atomic mass is 32.2. The normalized spacial score (nSPS) is 11.4. The molecule has 1 aromatic heterocycles. The van der Waals surface area contributed by atoms with Gasteiger partial charge < -0.3 is 4.98 Å². The quantitative estimate of drug-likeness (QED) is 0.903. The van der Waals surface area contributed by atoms with Crippen LogP contribution in [0.4, 0.5) is 5.95 Å². The Kier molecular flexibility index (Phi) is 4.13. The van der Waals surface area contributed by atoms with E-state index in [4.69, 9.17) is 0 Å². The molecule has 0 unspecified atom stereocenters. The lowest BCUT2D eigenvalue weighted by Gasteiger charge is -2.08. The van der Waals surface area contributed by atoms with Gasteiger partial charge in [0.15, 0.2) is 9.84 Å². The van der Waals surface area contributed by atoms with E-state index in [1.165, 1.54) is 6.07 Å². The molecule has 0 aliphatic heterocycles. The number of anilines is 1. The second-order valence-electron chi connectivity index (χ2n) is 4.82. The Bertz CT molecular complexity index is 779. The number of nitrogens with zero attached hydrogens (tertiary/aromatic N) is 1. The molecule has 112 valence electrons. The number of rotatable bonds is 4. The highest BCUT2D eigenvalue weighted by molar-refractivity contribution is 7.90. The maximum atomic E-state index is 12.1. The Morgan fingerprint density at radius 2 is 2.10 bits per heavy atom. The first kappa shape index (κ1) is 15.2. The van der Waals surface area contributed by atoms with Crippen molar-refractivity contribution in [1.82, 2.24) is 9.97 Å². The number of amides is 1. The van der Waals surface area contributed by atoms with E-state index < -0.39 is 15.7 Å². The molecular formula is C14H17N3O3S. The third-order valence-corrected chi connectivity index (χ3v) is 4.22. The summed E-state index contributed by atoms with van der Waals surface area (Å²) >= 11 is 0. The Balaban J connectivity index is 2.34. The van der Waals surface area contributed by atoms with Crippen molar-refractivity contribution in [3.8, 4) is 0 Å². The first-order valence-electron chi connectivity index (χ1n) is 6.47. The second kappa shape index (κ2) is 5.69. The van der Waals surface area contributed by atoms with Gasteiger partial charge in [0, 0.05) is 23.7 Å². The molecule has 2 N–H and O–H groups in total. The summed E-state index contributed by atoms with van der Waals surface area (Å²) in [6.07, 6.45) is 3.32. The number of aromatic amines is 1. The van der Waals surface area contributed by atoms with Gasteiger partial charge in [-0.2, -0.15) is 0 Å². The van der Waals surface area contributed by atoms with Gasteiger partial charge in [-0.1, -0.05) is 13.0 Å². The fourth-order valence-electron chi connectivity index (χ4n) is 1.99. The third-order valence-electron chi connectivity index (χ3n) is 3.04. The molecule has 0 saturated heterocycles. The second-order valence-corrected chi connectivity index (χ2v) is 6.80. The van der Waals surface area contributed by atoms with Crippen LogP contribution >= 0.6 is 0 Å². The van der Waals surface area contributed by atoms with E-state index >= 15 is 0 Å². The summed E-state index contributed by atoms with van der Waals surface area (Å²) in [5.74, 6) is -0.0742. The number of aromatic nitrogens is 2. The summed E-state index contributed by atoms with van der Waals surface area (Å²) in [5, 5.41) is 2.59. The number of imidazole rings is 1. The fourth-order valence-corrected chi connectivity index (χ4v) is 3.02. The highest BCUT2D eigenvalue weighted by Gasteiger charge is 2.16. The number of benzene rings is 1. The molecule has 1 amide bonds. The van der Waals surface area contributed by atoms with Crippen molar-refractivity contribution in [2.75, 3.05) is 11.6 Å². The van der Waals surface area contributed by atoms with Crippen molar-refractivity contribution in [1.29, 1.82) is 0 Å². The zero-order valence-electron chi connectivity index (χ0n) is 12.1. The maximum Gasteiger partial charge on any atom is 0.258 e. The lowest BCUT2D eigenvalue weighted by molar-refractivity contribution is 0.102. The van der Waals surface area contributed by atoms with Gasteiger partial charge in [-0.25, -0.2) is 13.4 Å². The number of hydrogen-bond acceptors (Lipinski definition) is 4. The molecule has 0 aliphatic rings. The zero-order chi connectivity index (χ0) is 15.6. The number of H-pyrrole nitrogens is 1. The van der Waals surface area contributed by atoms with Crippen LogP contribution in [0.2, 0.25) is 0 Å². The van der Waals surface area contributed by atoms with Gasteiger partial charge >= 0.3 is 0 Å². The Labute approximate surface area is 123 Å². The predicted molar refractivity (Wildman–Crippen MR) is 80.2 cm³/mol. The van der Waals surface area contributed by atoms with E-state index in [2.05, 4.69) is 15.3 Å². The predicted octanol–water partition coefficient (Wildman–Crippen LogP) is 1.94. The fraction of sp³-hybridized carbons (Fsp3) is 0.286. The molecule has 6 nitrogen and oxygen atoms in total. The number of sulfone groups is 1. The Morgan fingerprint density at radius 3 is 2.62 bits per heavy atom. The van der Waals surface area contributed by atoms with Crippen LogP contribution in [0.15, 0.2) is 29.3 Å². The van der Waals surface area contributed by atoms with Crippen LogP contribution in [0.25, 0.3) is 0 Å². The van der Waals surface area contributed by atoms with Crippen molar-refractivity contribution < 1.29 is 13.2 Å². The van der Waals surface area contributed by atoms with E-state index in [-0.39, 0.29) is 10.5 Å². The summed E-state index contributed by atoms with van der Waals surface area (Å²) in [6, 6.07) is 4.68. The molecule has 0 bridgehead atoms. The van der Waals surface area contributed by atoms with Crippen molar-refractivity contribution >= 4 is 21.7 Å². The van der Waals surface area contributed by atoms with Gasteiger partial charge in [0.2, 0.25) is 5.95 Å². The van der Waals surface area contributed by atoms with Crippen molar-refractivity contribution in [3.05, 3.63) is 41.2 Å². The van der Waals surface area contributed by atoms with E-state index in [0.29, 0.717) is 17.9 Å². The van der Waals surface area contributed by atoms with Gasteiger partial charge in [0.25, 0.3) is 5.91 Å². The van der Waals surface area contributed by atoms with E-state index in [0.717, 1.165) is 11.9 Å². The molecule has 2 rings (SSSR count). The first-order chi connectivity index (χ1) is 9.81. The minimum Gasteiger partial charge on any atom is -0.328 e. The lowest BCUT2D eigenvalue weighted by Crippen LogP contribution is -2.14. The summed E-state index contributed by atoms with van der Waals surface area (Å²) in [5.41, 5.74) is 1.80. The van der Waals surface area contributed by atoms with E-state index in [1.54, 1.807) is 18.3 Å². The largest absolute Gasteiger partial charge is 0.328 e. The molecule has 1 heterocycles. The smallest absolute Gasteiger partial charge is 0.258 e. The molecule has 2 aromatic rings. The summed E-state index contributed by atoms with van der Waals surface area (Å²) in [6.45, 7) is 3.69. The molecule has 0 saturated carbocycles. The number of carbonyl (C=O) groups excluding carboxylic acids is 1. The van der Waals surface area contributed by atoms with Gasteiger partial charge in [0.1, 0.15) is 0 Å². The molecule has 0 spiro atoms. The topological polar surface area (TPSA) is 91.9 Å². The van der Waals surface area contributed by atoms with Crippen molar-refractivity contribution in [3.63, 3.8) is 0 Å². The average molecular weight is 307 g/mol. The Hall–Kier alpha value is -2.15. The van der Waals surface area contributed by atoms with Gasteiger partial charge in [0.05, 0.1) is 4.90 Å². The van der Waals surface area contributed by atoms with E-state index in [1.807, 2.05) is 13.8 Å². The van der Waals surface area contributed by atoms with Gasteiger partial charge in [-0.3, -0.25) is 10.1 Å². The number of hydrogen-bond donors (Lipinski definition) is 2. The maximum absolute atomic E-state index is 12.1. The number of carbonyl (C=O) groups is 1. The van der Waals surface area contributed by atoms with Gasteiger partial charge in [-0.15, -0.1) is 0 Å². The molecule has 0 radical (unpaired) electrons. The van der Waals surface area contributed by atoms with Crippen LogP contribution in [0.1, 0.15) is 28.5 Å². The Morgan fingerprint density at radius 1 is 1.38 bits per heavy atom. The molecule has 0 atom stereocenters. The first-order valence-corrected chi connectivity index (χ1v) is 8.36. The molecule has 21 heavy (non-hydrogen) atoms. The SMILES string of the molecule is CCc1ccc(C(=O)Nc2ncc(C)[nH]2)cc1S(C)(=O)=O. The standard InChI is InChI=1S/C14H17N3O3S/c1-4-10-5-6-11(7-12(10)21(3,19)20)13(18)17-14-15-8-9(2)16-14/h5-8H,4H2,1-3H3,(H2,15,16,17,18). The van der Waals surface area contributed by atoms with Crippen LogP contribution < -0.4 is 5.32 Å². The molecule has 1 aromatic carbocycles. The minimum atomic E-state index is -3.37.